The van der Waals surface area contributed by atoms with E-state index in [0.717, 1.165) is 24.2 Å². The number of aryl methyl sites for hydroxylation is 2. The van der Waals surface area contributed by atoms with Crippen LogP contribution in [0, 0.1) is 5.41 Å². The Kier molecular flexibility index (Phi) is 4.50. The van der Waals surface area contributed by atoms with Crippen molar-refractivity contribution < 1.29 is 10.2 Å². The van der Waals surface area contributed by atoms with E-state index in [0.29, 0.717) is 6.42 Å². The van der Waals surface area contributed by atoms with Gasteiger partial charge in [-0.3, -0.25) is 4.68 Å². The zero-order valence-electron chi connectivity index (χ0n) is 10.4. The van der Waals surface area contributed by atoms with Gasteiger partial charge in [-0.25, -0.2) is 0 Å². The van der Waals surface area contributed by atoms with Gasteiger partial charge in [0, 0.05) is 18.2 Å². The van der Waals surface area contributed by atoms with Gasteiger partial charge in [0.25, 0.3) is 0 Å². The Bertz CT molecular complexity index is 321. The topological polar surface area (TPSA) is 58.3 Å². The fourth-order valence-corrected chi connectivity index (χ4v) is 1.80. The van der Waals surface area contributed by atoms with Crippen LogP contribution in [0.2, 0.25) is 0 Å². The molecule has 0 saturated carbocycles. The molecular weight excluding hydrogens is 204 g/mol. The lowest BCUT2D eigenvalue weighted by molar-refractivity contribution is 0.0499. The highest BCUT2D eigenvalue weighted by molar-refractivity contribution is 5.12. The number of aliphatic hydroxyl groups is 2. The molecule has 0 aliphatic rings. The highest BCUT2D eigenvalue weighted by Crippen LogP contribution is 2.26. The first-order valence-corrected chi connectivity index (χ1v) is 5.84. The molecule has 4 heteroatoms. The Morgan fingerprint density at radius 1 is 1.31 bits per heavy atom. The van der Waals surface area contributed by atoms with Crippen LogP contribution >= 0.6 is 0 Å². The van der Waals surface area contributed by atoms with Gasteiger partial charge in [0.1, 0.15) is 0 Å². The largest absolute Gasteiger partial charge is 0.396 e. The number of nitrogens with zero attached hydrogens (tertiary/aromatic N) is 2. The molecule has 4 nitrogen and oxygen atoms in total. The first-order chi connectivity index (χ1) is 7.60. The van der Waals surface area contributed by atoms with Crippen molar-refractivity contribution in [1.29, 1.82) is 0 Å². The average molecular weight is 226 g/mol. The minimum absolute atomic E-state index is 0.00659. The molecule has 0 unspecified atom stereocenters. The fourth-order valence-electron chi connectivity index (χ4n) is 1.80. The van der Waals surface area contributed by atoms with Crippen LogP contribution in [0.3, 0.4) is 0 Å². The van der Waals surface area contributed by atoms with Gasteiger partial charge in [-0.15, -0.1) is 0 Å². The highest BCUT2D eigenvalue weighted by Gasteiger charge is 2.28. The summed E-state index contributed by atoms with van der Waals surface area (Å²) >= 11 is 0. The maximum Gasteiger partial charge on any atom is 0.0624 e. The van der Waals surface area contributed by atoms with Gasteiger partial charge >= 0.3 is 0 Å². The summed E-state index contributed by atoms with van der Waals surface area (Å²) in [4.78, 5) is 0. The Labute approximate surface area is 96.9 Å². The number of hydrogen-bond acceptors (Lipinski definition) is 3. The van der Waals surface area contributed by atoms with Crippen molar-refractivity contribution in [2.24, 2.45) is 12.5 Å². The lowest BCUT2D eigenvalue weighted by Gasteiger charge is -2.28. The van der Waals surface area contributed by atoms with Crippen LogP contribution in [-0.2, 0) is 19.9 Å². The summed E-state index contributed by atoms with van der Waals surface area (Å²) in [7, 11) is 1.91. The van der Waals surface area contributed by atoms with Crippen molar-refractivity contribution in [3.05, 3.63) is 17.5 Å². The molecule has 1 aromatic rings. The van der Waals surface area contributed by atoms with E-state index in [1.165, 1.54) is 0 Å². The third kappa shape index (κ3) is 2.62. The molecule has 0 saturated heterocycles. The van der Waals surface area contributed by atoms with E-state index in [-0.39, 0.29) is 13.2 Å². The molecule has 0 radical (unpaired) electrons. The van der Waals surface area contributed by atoms with E-state index in [4.69, 9.17) is 0 Å². The summed E-state index contributed by atoms with van der Waals surface area (Å²) in [5.74, 6) is 0. The molecule has 0 spiro atoms. The Balaban J connectivity index is 2.88. The summed E-state index contributed by atoms with van der Waals surface area (Å²) < 4.78 is 1.84. The molecule has 2 N–H and O–H groups in total. The lowest BCUT2D eigenvalue weighted by Crippen LogP contribution is -2.32. The van der Waals surface area contributed by atoms with Crippen molar-refractivity contribution in [3.8, 4) is 0 Å². The van der Waals surface area contributed by atoms with Gasteiger partial charge in [0.15, 0.2) is 0 Å². The monoisotopic (exact) mass is 226 g/mol. The minimum atomic E-state index is -0.418. The summed E-state index contributed by atoms with van der Waals surface area (Å²) in [6.45, 7) is 4.07. The molecule has 1 heterocycles. The second-order valence-corrected chi connectivity index (χ2v) is 4.45. The molecule has 0 aliphatic heterocycles. The predicted molar refractivity (Wildman–Crippen MR) is 63.2 cm³/mol. The van der Waals surface area contributed by atoms with Crippen LogP contribution in [-0.4, -0.2) is 33.2 Å². The zero-order valence-corrected chi connectivity index (χ0v) is 10.4. The third-order valence-electron chi connectivity index (χ3n) is 3.37. The van der Waals surface area contributed by atoms with Crippen LogP contribution in [0.1, 0.15) is 31.7 Å². The minimum Gasteiger partial charge on any atom is -0.396 e. The van der Waals surface area contributed by atoms with Gasteiger partial charge in [-0.1, -0.05) is 13.8 Å². The Hall–Kier alpha value is -0.870. The van der Waals surface area contributed by atoms with Gasteiger partial charge in [-0.2, -0.15) is 5.10 Å². The molecule has 92 valence electrons. The summed E-state index contributed by atoms with van der Waals surface area (Å²) in [6.07, 6.45) is 2.33. The van der Waals surface area contributed by atoms with Crippen molar-refractivity contribution in [2.45, 2.75) is 33.1 Å². The molecule has 0 aliphatic carbocycles. The standard InChI is InChI=1S/C12H22N2O2/c1-4-10-6-11(14(3)13-10)7-12(5-2,8-15)9-16/h6,15-16H,4-5,7-9H2,1-3H3. The van der Waals surface area contributed by atoms with Crippen molar-refractivity contribution in [1.82, 2.24) is 9.78 Å². The second-order valence-electron chi connectivity index (χ2n) is 4.45. The van der Waals surface area contributed by atoms with E-state index in [1.807, 2.05) is 18.7 Å². The van der Waals surface area contributed by atoms with Crippen LogP contribution in [0.25, 0.3) is 0 Å². The smallest absolute Gasteiger partial charge is 0.0624 e. The van der Waals surface area contributed by atoms with Crippen molar-refractivity contribution >= 4 is 0 Å². The molecule has 0 bridgehead atoms. The van der Waals surface area contributed by atoms with Gasteiger partial charge < -0.3 is 10.2 Å². The number of aromatic nitrogens is 2. The molecule has 1 rings (SSSR count). The molecule has 0 aromatic carbocycles. The summed E-state index contributed by atoms with van der Waals surface area (Å²) in [5.41, 5.74) is 1.71. The molecule has 0 atom stereocenters. The van der Waals surface area contributed by atoms with Crippen molar-refractivity contribution in [2.75, 3.05) is 13.2 Å². The molecule has 0 amide bonds. The van der Waals surface area contributed by atoms with Gasteiger partial charge in [-0.05, 0) is 25.3 Å². The van der Waals surface area contributed by atoms with Gasteiger partial charge in [0.2, 0.25) is 0 Å². The predicted octanol–water partition coefficient (Wildman–Crippen LogP) is 0.906. The SMILES string of the molecule is CCc1cc(CC(CC)(CO)CO)n(C)n1. The molecule has 0 fully saturated rings. The van der Waals surface area contributed by atoms with E-state index in [1.54, 1.807) is 0 Å². The number of hydrogen-bond donors (Lipinski definition) is 2. The normalized spacial score (nSPS) is 12.1. The number of aliphatic hydroxyl groups excluding tert-OH is 2. The Morgan fingerprint density at radius 3 is 2.31 bits per heavy atom. The maximum absolute atomic E-state index is 9.40. The van der Waals surface area contributed by atoms with Crippen LogP contribution in [0.15, 0.2) is 6.07 Å². The highest BCUT2D eigenvalue weighted by atomic mass is 16.3. The quantitative estimate of drug-likeness (QED) is 0.758. The fraction of sp³-hybridized carbons (Fsp3) is 0.750. The van der Waals surface area contributed by atoms with E-state index >= 15 is 0 Å². The van der Waals surface area contributed by atoms with E-state index in [2.05, 4.69) is 18.1 Å². The molecule has 16 heavy (non-hydrogen) atoms. The van der Waals surface area contributed by atoms with E-state index < -0.39 is 5.41 Å². The van der Waals surface area contributed by atoms with Crippen LogP contribution < -0.4 is 0 Å². The summed E-state index contributed by atoms with van der Waals surface area (Å²) in [5, 5.41) is 23.2. The lowest BCUT2D eigenvalue weighted by atomic mass is 9.82. The first-order valence-electron chi connectivity index (χ1n) is 5.84. The van der Waals surface area contributed by atoms with Crippen LogP contribution in [0.5, 0.6) is 0 Å². The number of rotatable bonds is 6. The average Bonchev–Trinajstić information content (AvgIpc) is 2.67. The molecular formula is C12H22N2O2. The van der Waals surface area contributed by atoms with Crippen molar-refractivity contribution in [3.63, 3.8) is 0 Å². The van der Waals surface area contributed by atoms with Gasteiger partial charge in [0.05, 0.1) is 18.9 Å². The first kappa shape index (κ1) is 13.2. The maximum atomic E-state index is 9.40. The van der Waals surface area contributed by atoms with E-state index in [9.17, 15) is 10.2 Å². The summed E-state index contributed by atoms with van der Waals surface area (Å²) in [6, 6.07) is 2.05. The molecule has 1 aromatic heterocycles. The Morgan fingerprint density at radius 2 is 1.94 bits per heavy atom. The van der Waals surface area contributed by atoms with Crippen LogP contribution in [0.4, 0.5) is 0 Å². The zero-order chi connectivity index (χ0) is 12.2. The third-order valence-corrected chi connectivity index (χ3v) is 3.37. The second kappa shape index (κ2) is 5.46.